The number of fused-ring (bicyclic) bond motifs is 1. The van der Waals surface area contributed by atoms with Crippen molar-refractivity contribution in [2.75, 3.05) is 18.4 Å². The fraction of sp³-hybridized carbons (Fsp3) is 0.350. The van der Waals surface area contributed by atoms with Crippen molar-refractivity contribution in [3.63, 3.8) is 0 Å². The van der Waals surface area contributed by atoms with Gasteiger partial charge < -0.3 is 10.2 Å². The molecular weight excluding hydrogens is 374 g/mol. The van der Waals surface area contributed by atoms with Crippen molar-refractivity contribution in [3.05, 3.63) is 46.4 Å². The van der Waals surface area contributed by atoms with E-state index in [0.29, 0.717) is 25.3 Å². The molecule has 1 N–H and O–H groups in total. The molecule has 0 bridgehead atoms. The Hall–Kier alpha value is -2.87. The maximum atomic E-state index is 12.5. The molecule has 0 unspecified atom stereocenters. The summed E-state index contributed by atoms with van der Waals surface area (Å²) in [5.74, 6) is 1.41. The summed E-state index contributed by atoms with van der Waals surface area (Å²) in [4.78, 5) is 34.5. The number of likely N-dealkylation sites (tertiary alicyclic amines) is 1. The smallest absolute Gasteiger partial charge is 0.246 e. The van der Waals surface area contributed by atoms with Crippen LogP contribution in [0.2, 0.25) is 0 Å². The molecule has 0 spiro atoms. The number of aromatic nitrogens is 3. The first kappa shape index (κ1) is 18.5. The van der Waals surface area contributed by atoms with Crippen LogP contribution in [-0.4, -0.2) is 44.1 Å². The van der Waals surface area contributed by atoms with Gasteiger partial charge in [0, 0.05) is 31.8 Å². The zero-order valence-electron chi connectivity index (χ0n) is 15.4. The average molecular weight is 395 g/mol. The molecule has 0 saturated carbocycles. The monoisotopic (exact) mass is 395 g/mol. The van der Waals surface area contributed by atoms with Gasteiger partial charge in [-0.1, -0.05) is 5.57 Å². The lowest BCUT2D eigenvalue weighted by molar-refractivity contribution is -0.126. The zero-order valence-corrected chi connectivity index (χ0v) is 16.2. The lowest BCUT2D eigenvalue weighted by atomic mass is 10.0. The summed E-state index contributed by atoms with van der Waals surface area (Å²) in [5.41, 5.74) is 4.89. The third kappa shape index (κ3) is 4.51. The zero-order chi connectivity index (χ0) is 19.3. The first-order valence-electron chi connectivity index (χ1n) is 9.39. The number of anilines is 1. The Morgan fingerprint density at radius 1 is 1.18 bits per heavy atom. The van der Waals surface area contributed by atoms with Gasteiger partial charge in [-0.3, -0.25) is 9.59 Å². The van der Waals surface area contributed by atoms with Crippen molar-refractivity contribution in [1.29, 1.82) is 0 Å². The van der Waals surface area contributed by atoms with E-state index in [1.54, 1.807) is 23.9 Å². The average Bonchev–Trinajstić information content (AvgIpc) is 3.14. The molecule has 28 heavy (non-hydrogen) atoms. The van der Waals surface area contributed by atoms with Crippen LogP contribution in [0.3, 0.4) is 0 Å². The van der Waals surface area contributed by atoms with Gasteiger partial charge >= 0.3 is 0 Å². The highest BCUT2D eigenvalue weighted by Gasteiger charge is 2.18. The Kier molecular flexibility index (Phi) is 5.57. The molecule has 2 aliphatic heterocycles. The minimum Gasteiger partial charge on any atom is -0.339 e. The van der Waals surface area contributed by atoms with E-state index in [-0.39, 0.29) is 11.8 Å². The van der Waals surface area contributed by atoms with E-state index >= 15 is 0 Å². The maximum Gasteiger partial charge on any atom is 0.246 e. The van der Waals surface area contributed by atoms with E-state index in [2.05, 4.69) is 19.7 Å². The fourth-order valence-corrected chi connectivity index (χ4v) is 3.82. The maximum absolute atomic E-state index is 12.5. The largest absolute Gasteiger partial charge is 0.339 e. The van der Waals surface area contributed by atoms with Crippen molar-refractivity contribution in [1.82, 2.24) is 19.2 Å². The van der Waals surface area contributed by atoms with Crippen LogP contribution >= 0.6 is 11.5 Å². The number of pyridine rings is 1. The van der Waals surface area contributed by atoms with Crippen LogP contribution < -0.4 is 5.32 Å². The second-order valence-electron chi connectivity index (χ2n) is 6.93. The van der Waals surface area contributed by atoms with Gasteiger partial charge in [-0.05, 0) is 66.6 Å². The molecule has 8 heteroatoms. The Bertz CT molecular complexity index is 926. The number of carbonyl (C=O) groups is 2. The molecule has 1 saturated heterocycles. The van der Waals surface area contributed by atoms with Crippen LogP contribution in [0.4, 0.5) is 5.82 Å². The molecule has 7 nitrogen and oxygen atoms in total. The highest BCUT2D eigenvalue weighted by Crippen LogP contribution is 2.22. The second-order valence-corrected chi connectivity index (χ2v) is 7.53. The Labute approximate surface area is 167 Å². The van der Waals surface area contributed by atoms with E-state index in [1.165, 1.54) is 17.1 Å². The molecule has 2 aliphatic rings. The topological polar surface area (TPSA) is 88.1 Å². The van der Waals surface area contributed by atoms with E-state index < -0.39 is 0 Å². The molecule has 2 aromatic rings. The van der Waals surface area contributed by atoms with Crippen molar-refractivity contribution < 1.29 is 9.59 Å². The van der Waals surface area contributed by atoms with Gasteiger partial charge in [-0.2, -0.15) is 4.37 Å². The third-order valence-corrected chi connectivity index (χ3v) is 5.43. The number of rotatable bonds is 3. The van der Waals surface area contributed by atoms with Crippen LogP contribution in [-0.2, 0) is 16.0 Å². The number of amides is 2. The lowest BCUT2D eigenvalue weighted by Gasteiger charge is -2.27. The Balaban J connectivity index is 1.36. The fourth-order valence-electron chi connectivity index (χ4n) is 3.41. The summed E-state index contributed by atoms with van der Waals surface area (Å²) < 4.78 is 4.20. The number of piperidine rings is 1. The molecule has 2 aromatic heterocycles. The number of nitrogens with zero attached hydrogens (tertiary/aromatic N) is 4. The third-order valence-electron chi connectivity index (χ3n) is 4.94. The number of carbonyl (C=O) groups excluding carboxylic acids is 2. The number of hydrogen-bond donors (Lipinski definition) is 1. The summed E-state index contributed by atoms with van der Waals surface area (Å²) >= 11 is 1.34. The van der Waals surface area contributed by atoms with Gasteiger partial charge in [0.2, 0.25) is 11.8 Å². The van der Waals surface area contributed by atoms with Crippen LogP contribution in [0, 0.1) is 0 Å². The van der Waals surface area contributed by atoms with Crippen molar-refractivity contribution in [2.45, 2.75) is 32.1 Å². The molecular formula is C20H21N5O2S. The summed E-state index contributed by atoms with van der Waals surface area (Å²) in [6.45, 7) is 1.40. The minimum atomic E-state index is 0.00815. The minimum absolute atomic E-state index is 0.00815. The first-order valence-corrected chi connectivity index (χ1v) is 10.2. The predicted octanol–water partition coefficient (Wildman–Crippen LogP) is 2.93. The molecule has 2 amide bonds. The lowest BCUT2D eigenvalue weighted by Crippen LogP contribution is -2.35. The van der Waals surface area contributed by atoms with E-state index in [0.717, 1.165) is 42.6 Å². The SMILES string of the molecule is O=C1CCCc2cc(/C=C/C(=O)N3CCC(=Cc4ncsn4)CC3)cnc2N1. The predicted molar refractivity (Wildman–Crippen MR) is 109 cm³/mol. The van der Waals surface area contributed by atoms with Gasteiger partial charge in [0.1, 0.15) is 11.3 Å². The van der Waals surface area contributed by atoms with Crippen molar-refractivity contribution in [2.24, 2.45) is 0 Å². The molecule has 0 aromatic carbocycles. The second kappa shape index (κ2) is 8.43. The highest BCUT2D eigenvalue weighted by atomic mass is 32.1. The molecule has 0 aliphatic carbocycles. The Morgan fingerprint density at radius 3 is 2.82 bits per heavy atom. The summed E-state index contributed by atoms with van der Waals surface area (Å²) in [6, 6.07) is 2.00. The highest BCUT2D eigenvalue weighted by molar-refractivity contribution is 7.03. The number of aryl methyl sites for hydroxylation is 1. The summed E-state index contributed by atoms with van der Waals surface area (Å²) in [5, 5.41) is 2.82. The van der Waals surface area contributed by atoms with Gasteiger partial charge in [0.25, 0.3) is 0 Å². The van der Waals surface area contributed by atoms with Gasteiger partial charge in [-0.15, -0.1) is 0 Å². The van der Waals surface area contributed by atoms with E-state index in [9.17, 15) is 9.59 Å². The van der Waals surface area contributed by atoms with E-state index in [1.807, 2.05) is 17.0 Å². The Morgan fingerprint density at radius 2 is 2.04 bits per heavy atom. The molecule has 0 atom stereocenters. The quantitative estimate of drug-likeness (QED) is 0.808. The first-order chi connectivity index (χ1) is 13.7. The molecule has 1 fully saturated rings. The van der Waals surface area contributed by atoms with E-state index in [4.69, 9.17) is 0 Å². The van der Waals surface area contributed by atoms with Gasteiger partial charge in [0.15, 0.2) is 5.82 Å². The van der Waals surface area contributed by atoms with Crippen LogP contribution in [0.5, 0.6) is 0 Å². The summed E-state index contributed by atoms with van der Waals surface area (Å²) in [7, 11) is 0. The van der Waals surface area contributed by atoms with Gasteiger partial charge in [0.05, 0.1) is 0 Å². The van der Waals surface area contributed by atoms with Crippen molar-refractivity contribution in [3.8, 4) is 0 Å². The van der Waals surface area contributed by atoms with Crippen LogP contribution in [0.25, 0.3) is 12.2 Å². The van der Waals surface area contributed by atoms with Crippen molar-refractivity contribution >= 4 is 41.3 Å². The van der Waals surface area contributed by atoms with Crippen LogP contribution in [0.15, 0.2) is 29.4 Å². The van der Waals surface area contributed by atoms with Gasteiger partial charge in [-0.25, -0.2) is 9.97 Å². The number of hydrogen-bond acceptors (Lipinski definition) is 6. The molecule has 144 valence electrons. The van der Waals surface area contributed by atoms with Crippen LogP contribution in [0.1, 0.15) is 42.6 Å². The standard InChI is InChI=1S/C20H21N5O2S/c26-18-3-1-2-16-10-15(12-21-20(16)23-18)4-5-19(27)25-8-6-14(7-9-25)11-17-22-13-28-24-17/h4-5,10-13H,1-3,6-9H2,(H,21,23,26)/b5-4+. The molecule has 4 heterocycles. The molecule has 4 rings (SSSR count). The molecule has 0 radical (unpaired) electrons. The number of nitrogens with one attached hydrogen (secondary N) is 1. The summed E-state index contributed by atoms with van der Waals surface area (Å²) in [6.07, 6.45) is 10.9. The normalized spacial score (nSPS) is 17.2.